The number of hydrogen-bond donors (Lipinski definition) is 2. The van der Waals surface area contributed by atoms with Crippen molar-refractivity contribution in [2.24, 2.45) is 0 Å². The van der Waals surface area contributed by atoms with Crippen molar-refractivity contribution in [3.8, 4) is 5.75 Å². The number of ether oxygens (including phenoxy) is 2. The Morgan fingerprint density at radius 1 is 1.17 bits per heavy atom. The third-order valence-electron chi connectivity index (χ3n) is 5.56. The van der Waals surface area contributed by atoms with Crippen molar-refractivity contribution in [2.45, 2.75) is 58.2 Å². The summed E-state index contributed by atoms with van der Waals surface area (Å²) >= 11 is 0. The average Bonchev–Trinajstić information content (AvgIpc) is 3.18. The van der Waals surface area contributed by atoms with E-state index >= 15 is 0 Å². The van der Waals surface area contributed by atoms with Gasteiger partial charge in [-0.1, -0.05) is 45.2 Å². The molecule has 2 N–H and O–H groups in total. The molecule has 1 saturated carbocycles. The summed E-state index contributed by atoms with van der Waals surface area (Å²) in [5.41, 5.74) is 2.62. The van der Waals surface area contributed by atoms with Gasteiger partial charge in [0.25, 0.3) is 0 Å². The summed E-state index contributed by atoms with van der Waals surface area (Å²) in [5, 5.41) is 7.33. The fraction of sp³-hybridized carbons (Fsp3) is 0.458. The number of carbonyl (C=O) groups is 1. The molecule has 6 heteroatoms. The highest BCUT2D eigenvalue weighted by Gasteiger charge is 2.34. The number of esters is 1. The summed E-state index contributed by atoms with van der Waals surface area (Å²) in [6.07, 6.45) is 11.7. The number of nitrogens with one attached hydrogen (secondary N) is 2. The van der Waals surface area contributed by atoms with Crippen LogP contribution >= 0.6 is 0 Å². The molecule has 3 aliphatic rings. The first-order valence-corrected chi connectivity index (χ1v) is 10.9. The minimum atomic E-state index is -0.325. The number of benzene rings is 1. The zero-order chi connectivity index (χ0) is 21.5. The Morgan fingerprint density at radius 2 is 1.93 bits per heavy atom. The van der Waals surface area contributed by atoms with Gasteiger partial charge in [0, 0.05) is 17.8 Å². The number of nitrogens with zero attached hydrogens (tertiary/aromatic N) is 1. The van der Waals surface area contributed by atoms with E-state index in [4.69, 9.17) is 9.47 Å². The molecule has 1 aliphatic carbocycles. The van der Waals surface area contributed by atoms with Crippen LogP contribution in [0.25, 0.3) is 5.70 Å². The van der Waals surface area contributed by atoms with Crippen molar-refractivity contribution in [1.29, 1.82) is 0 Å². The van der Waals surface area contributed by atoms with Crippen LogP contribution in [0.5, 0.6) is 5.75 Å². The van der Waals surface area contributed by atoms with Crippen LogP contribution in [0.2, 0.25) is 0 Å². The van der Waals surface area contributed by atoms with Crippen molar-refractivity contribution < 1.29 is 14.3 Å². The second-order valence-electron chi connectivity index (χ2n) is 7.36. The molecule has 0 aromatic heterocycles. The maximum absolute atomic E-state index is 12.0. The van der Waals surface area contributed by atoms with E-state index in [0.717, 1.165) is 22.8 Å². The minimum Gasteiger partial charge on any atom is -0.497 e. The van der Waals surface area contributed by atoms with E-state index in [1.807, 2.05) is 44.3 Å². The predicted molar refractivity (Wildman–Crippen MR) is 119 cm³/mol. The van der Waals surface area contributed by atoms with Crippen molar-refractivity contribution in [1.82, 2.24) is 15.5 Å². The van der Waals surface area contributed by atoms with E-state index in [1.165, 1.54) is 39.2 Å². The van der Waals surface area contributed by atoms with Gasteiger partial charge < -0.3 is 25.0 Å². The van der Waals surface area contributed by atoms with Gasteiger partial charge in [0.15, 0.2) is 0 Å². The largest absolute Gasteiger partial charge is 0.497 e. The van der Waals surface area contributed by atoms with Gasteiger partial charge >= 0.3 is 5.97 Å². The Labute approximate surface area is 179 Å². The van der Waals surface area contributed by atoms with Gasteiger partial charge in [-0.15, -0.1) is 0 Å². The summed E-state index contributed by atoms with van der Waals surface area (Å²) in [7, 11) is 3.08. The Morgan fingerprint density at radius 3 is 2.63 bits per heavy atom. The lowest BCUT2D eigenvalue weighted by molar-refractivity contribution is -0.135. The molecule has 1 unspecified atom stereocenters. The molecule has 162 valence electrons. The fourth-order valence-electron chi connectivity index (χ4n) is 4.07. The lowest BCUT2D eigenvalue weighted by Crippen LogP contribution is -2.40. The van der Waals surface area contributed by atoms with E-state index < -0.39 is 0 Å². The monoisotopic (exact) mass is 411 g/mol. The minimum absolute atomic E-state index is 0.133. The third kappa shape index (κ3) is 4.64. The molecule has 1 aromatic rings. The molecule has 0 radical (unpaired) electrons. The SMILES string of the molecule is CC.COC(=O)C1=CC2NC(c3cccc(OC)c3)=C(NC3CCCCC3)N2C=C1. The van der Waals surface area contributed by atoms with E-state index in [2.05, 4.69) is 21.6 Å². The maximum Gasteiger partial charge on any atom is 0.337 e. The summed E-state index contributed by atoms with van der Waals surface area (Å²) in [5.74, 6) is 1.53. The molecule has 2 heterocycles. The van der Waals surface area contributed by atoms with E-state index in [-0.39, 0.29) is 12.1 Å². The normalized spacial score (nSPS) is 20.5. The quantitative estimate of drug-likeness (QED) is 0.711. The molecule has 30 heavy (non-hydrogen) atoms. The molecule has 0 spiro atoms. The van der Waals surface area contributed by atoms with Gasteiger partial charge in [-0.25, -0.2) is 4.79 Å². The molecule has 2 aliphatic heterocycles. The van der Waals surface area contributed by atoms with Gasteiger partial charge in [0.1, 0.15) is 17.7 Å². The van der Waals surface area contributed by atoms with Crippen molar-refractivity contribution >= 4 is 11.7 Å². The second kappa shape index (κ2) is 10.2. The molecule has 6 nitrogen and oxygen atoms in total. The summed E-state index contributed by atoms with van der Waals surface area (Å²) < 4.78 is 10.3. The second-order valence-corrected chi connectivity index (χ2v) is 7.36. The van der Waals surface area contributed by atoms with Gasteiger partial charge in [-0.3, -0.25) is 0 Å². The summed E-state index contributed by atoms with van der Waals surface area (Å²) in [6.45, 7) is 4.00. The maximum atomic E-state index is 12.0. The van der Waals surface area contributed by atoms with Crippen LogP contribution in [-0.4, -0.2) is 37.3 Å². The number of methoxy groups -OCH3 is 2. The van der Waals surface area contributed by atoms with E-state index in [9.17, 15) is 4.79 Å². The average molecular weight is 412 g/mol. The van der Waals surface area contributed by atoms with Gasteiger partial charge in [-0.05, 0) is 37.1 Å². The van der Waals surface area contributed by atoms with Crippen LogP contribution in [0.3, 0.4) is 0 Å². The molecular formula is C24H33N3O3. The first kappa shape index (κ1) is 21.8. The van der Waals surface area contributed by atoms with Crippen LogP contribution in [0, 0.1) is 0 Å². The Bertz CT molecular complexity index is 838. The van der Waals surface area contributed by atoms with Gasteiger partial charge in [0.05, 0.1) is 25.5 Å². The summed E-state index contributed by atoms with van der Waals surface area (Å²) in [6, 6.07) is 8.49. The van der Waals surface area contributed by atoms with Crippen LogP contribution < -0.4 is 15.4 Å². The molecule has 1 fully saturated rings. The smallest absolute Gasteiger partial charge is 0.337 e. The van der Waals surface area contributed by atoms with Crippen LogP contribution in [0.1, 0.15) is 51.5 Å². The van der Waals surface area contributed by atoms with Crippen LogP contribution in [0.4, 0.5) is 0 Å². The van der Waals surface area contributed by atoms with Gasteiger partial charge in [-0.2, -0.15) is 0 Å². The molecule has 1 aromatic carbocycles. The molecule has 0 amide bonds. The molecule has 0 saturated heterocycles. The number of hydrogen-bond acceptors (Lipinski definition) is 6. The lowest BCUT2D eigenvalue weighted by Gasteiger charge is -2.31. The Balaban J connectivity index is 0.00000124. The molecule has 4 rings (SSSR count). The standard InChI is InChI=1S/C22H27N3O3.C2H6/c1-27-18-10-6-7-15(13-18)20-21(23-17-8-4-3-5-9-17)25-12-11-16(22(26)28-2)14-19(25)24-20;1-2/h6-7,10-14,17,19,23-24H,3-5,8-9H2,1-2H3;1-2H3. The molecular weight excluding hydrogens is 378 g/mol. The number of rotatable bonds is 5. The highest BCUT2D eigenvalue weighted by atomic mass is 16.5. The van der Waals surface area contributed by atoms with Crippen LogP contribution in [-0.2, 0) is 9.53 Å². The Hall–Kier alpha value is -2.89. The summed E-state index contributed by atoms with van der Waals surface area (Å²) in [4.78, 5) is 14.1. The lowest BCUT2D eigenvalue weighted by atomic mass is 9.95. The molecule has 0 bridgehead atoms. The topological polar surface area (TPSA) is 62.8 Å². The first-order chi connectivity index (χ1) is 14.7. The fourth-order valence-corrected chi connectivity index (χ4v) is 4.07. The highest BCUT2D eigenvalue weighted by molar-refractivity contribution is 5.92. The molecule has 1 atom stereocenters. The number of carbonyl (C=O) groups excluding carboxylic acids is 1. The zero-order valence-electron chi connectivity index (χ0n) is 18.4. The van der Waals surface area contributed by atoms with E-state index in [0.29, 0.717) is 11.6 Å². The number of fused-ring (bicyclic) bond motifs is 1. The van der Waals surface area contributed by atoms with Crippen molar-refractivity contribution in [3.63, 3.8) is 0 Å². The van der Waals surface area contributed by atoms with E-state index in [1.54, 1.807) is 13.2 Å². The Kier molecular flexibility index (Phi) is 7.44. The van der Waals surface area contributed by atoms with Crippen LogP contribution in [0.15, 0.2) is 54.0 Å². The third-order valence-corrected chi connectivity index (χ3v) is 5.56. The van der Waals surface area contributed by atoms with Crippen molar-refractivity contribution in [2.75, 3.05) is 14.2 Å². The predicted octanol–water partition coefficient (Wildman–Crippen LogP) is 4.13. The van der Waals surface area contributed by atoms with Crippen molar-refractivity contribution in [3.05, 3.63) is 59.6 Å². The zero-order valence-corrected chi connectivity index (χ0v) is 18.4. The highest BCUT2D eigenvalue weighted by Crippen LogP contribution is 2.32. The first-order valence-electron chi connectivity index (χ1n) is 10.9. The van der Waals surface area contributed by atoms with Gasteiger partial charge in [0.2, 0.25) is 0 Å².